The molecule has 1 N–H and O–H groups in total. The quantitative estimate of drug-likeness (QED) is 0.511. The highest BCUT2D eigenvalue weighted by Gasteiger charge is 2.08. The molecule has 20 heavy (non-hydrogen) atoms. The van der Waals surface area contributed by atoms with Gasteiger partial charge in [-0.15, -0.1) is 0 Å². The summed E-state index contributed by atoms with van der Waals surface area (Å²) in [6.45, 7) is 0. The largest absolute Gasteiger partial charge is 0.481 e. The third kappa shape index (κ3) is 3.75. The lowest BCUT2D eigenvalue weighted by atomic mass is 10.2. The second-order valence-corrected chi connectivity index (χ2v) is 4.84. The smallest absolute Gasteiger partial charge is 0.307 e. The van der Waals surface area contributed by atoms with Gasteiger partial charge < -0.3 is 5.11 Å². The van der Waals surface area contributed by atoms with Crippen LogP contribution < -0.4 is 0 Å². The van der Waals surface area contributed by atoms with Crippen LogP contribution in [-0.2, 0) is 11.2 Å². The summed E-state index contributed by atoms with van der Waals surface area (Å²) >= 11 is 1.24. The lowest BCUT2D eigenvalue weighted by molar-refractivity contribution is -0.385. The zero-order valence-corrected chi connectivity index (χ0v) is 10.9. The number of nitrogens with zero attached hydrogens (tertiary/aromatic N) is 3. The number of carboxylic acid groups (broad SMARTS) is 1. The fraction of sp³-hybridized carbons (Fsp3) is 0.0833. The highest BCUT2D eigenvalue weighted by Crippen LogP contribution is 2.25. The number of benzene rings is 1. The molecule has 1 heterocycles. The van der Waals surface area contributed by atoms with Crippen molar-refractivity contribution >= 4 is 23.4 Å². The molecule has 0 atom stereocenters. The summed E-state index contributed by atoms with van der Waals surface area (Å²) in [7, 11) is 0. The van der Waals surface area contributed by atoms with Crippen LogP contribution in [0, 0.1) is 10.1 Å². The molecule has 0 saturated heterocycles. The highest BCUT2D eigenvalue weighted by molar-refractivity contribution is 7.99. The molecule has 0 aliphatic carbocycles. The van der Waals surface area contributed by atoms with Gasteiger partial charge in [-0.3, -0.25) is 14.9 Å². The van der Waals surface area contributed by atoms with Gasteiger partial charge in [0.2, 0.25) is 0 Å². The van der Waals surface area contributed by atoms with Gasteiger partial charge in [-0.25, -0.2) is 9.97 Å². The molecule has 7 nitrogen and oxygen atoms in total. The van der Waals surface area contributed by atoms with Crippen LogP contribution in [-0.4, -0.2) is 26.0 Å². The number of aliphatic carboxylic acids is 1. The van der Waals surface area contributed by atoms with Crippen LogP contribution in [0.25, 0.3) is 0 Å². The molecule has 0 aliphatic rings. The molecular weight excluding hydrogens is 282 g/mol. The molecule has 1 aromatic carbocycles. The molecule has 0 radical (unpaired) electrons. The summed E-state index contributed by atoms with van der Waals surface area (Å²) in [5.74, 6) is -0.885. The van der Waals surface area contributed by atoms with E-state index in [4.69, 9.17) is 5.11 Å². The standard InChI is InChI=1S/C12H9N3O4S/c16-11(17)5-8-1-3-10(4-2-8)20-12-13-6-9(7-14-12)15(18)19/h1-4,6-7H,5H2,(H,16,17). The zero-order chi connectivity index (χ0) is 14.5. The first-order valence-electron chi connectivity index (χ1n) is 5.49. The van der Waals surface area contributed by atoms with Gasteiger partial charge in [0.15, 0.2) is 5.16 Å². The third-order valence-electron chi connectivity index (χ3n) is 2.31. The number of hydrogen-bond acceptors (Lipinski definition) is 6. The van der Waals surface area contributed by atoms with Gasteiger partial charge in [0, 0.05) is 4.90 Å². The number of nitro groups is 1. The summed E-state index contributed by atoms with van der Waals surface area (Å²) < 4.78 is 0. The molecule has 8 heteroatoms. The molecule has 0 aliphatic heterocycles. The summed E-state index contributed by atoms with van der Waals surface area (Å²) in [5, 5.41) is 19.5. The molecule has 0 unspecified atom stereocenters. The SMILES string of the molecule is O=C(O)Cc1ccc(Sc2ncc([N+](=O)[O-])cn2)cc1. The number of rotatable bonds is 5. The van der Waals surface area contributed by atoms with Crippen molar-refractivity contribution in [3.05, 3.63) is 52.3 Å². The molecule has 0 saturated carbocycles. The Kier molecular flexibility index (Phi) is 4.26. The van der Waals surface area contributed by atoms with Gasteiger partial charge in [-0.1, -0.05) is 12.1 Å². The lowest BCUT2D eigenvalue weighted by Crippen LogP contribution is -1.99. The van der Waals surface area contributed by atoms with Crippen LogP contribution in [0.15, 0.2) is 46.7 Å². The van der Waals surface area contributed by atoms with Gasteiger partial charge in [-0.05, 0) is 29.5 Å². The minimum absolute atomic E-state index is 0.0288. The van der Waals surface area contributed by atoms with Gasteiger partial charge in [-0.2, -0.15) is 0 Å². The fourth-order valence-electron chi connectivity index (χ4n) is 1.41. The summed E-state index contributed by atoms with van der Waals surface area (Å²) in [5.41, 5.74) is 0.539. The van der Waals surface area contributed by atoms with Gasteiger partial charge in [0.25, 0.3) is 0 Å². The molecular formula is C12H9N3O4S. The molecule has 2 rings (SSSR count). The van der Waals surface area contributed by atoms with E-state index in [2.05, 4.69) is 9.97 Å². The maximum absolute atomic E-state index is 10.6. The van der Waals surface area contributed by atoms with E-state index in [-0.39, 0.29) is 12.1 Å². The van der Waals surface area contributed by atoms with Crippen LogP contribution in [0.1, 0.15) is 5.56 Å². The number of carboxylic acids is 1. The first-order valence-corrected chi connectivity index (χ1v) is 6.31. The van der Waals surface area contributed by atoms with E-state index in [9.17, 15) is 14.9 Å². The second-order valence-electron chi connectivity index (χ2n) is 3.80. The van der Waals surface area contributed by atoms with Crippen LogP contribution in [0.3, 0.4) is 0 Å². The normalized spacial score (nSPS) is 10.2. The maximum Gasteiger partial charge on any atom is 0.307 e. The van der Waals surface area contributed by atoms with Crippen LogP contribution in [0.4, 0.5) is 5.69 Å². The summed E-state index contributed by atoms with van der Waals surface area (Å²) in [4.78, 5) is 29.0. The van der Waals surface area contributed by atoms with Gasteiger partial charge in [0.1, 0.15) is 12.4 Å². The number of carbonyl (C=O) groups is 1. The van der Waals surface area contributed by atoms with Crippen molar-refractivity contribution in [1.29, 1.82) is 0 Å². The van der Waals surface area contributed by atoms with Crippen molar-refractivity contribution < 1.29 is 14.8 Å². The van der Waals surface area contributed by atoms with Crippen molar-refractivity contribution in [2.45, 2.75) is 16.5 Å². The second kappa shape index (κ2) is 6.11. The van der Waals surface area contributed by atoms with Crippen LogP contribution in [0.2, 0.25) is 0 Å². The van der Waals surface area contributed by atoms with Crippen LogP contribution in [0.5, 0.6) is 0 Å². The van der Waals surface area contributed by atoms with Gasteiger partial charge in [0.05, 0.1) is 11.3 Å². The highest BCUT2D eigenvalue weighted by atomic mass is 32.2. The molecule has 0 bridgehead atoms. The summed E-state index contributed by atoms with van der Waals surface area (Å²) in [6.07, 6.45) is 2.27. The lowest BCUT2D eigenvalue weighted by Gasteiger charge is -2.01. The molecule has 102 valence electrons. The first-order chi connectivity index (χ1) is 9.54. The average molecular weight is 291 g/mol. The van der Waals surface area contributed by atoms with E-state index in [1.165, 1.54) is 11.8 Å². The molecule has 1 aromatic heterocycles. The van der Waals surface area contributed by atoms with Crippen molar-refractivity contribution in [2.75, 3.05) is 0 Å². The fourth-order valence-corrected chi connectivity index (χ4v) is 2.11. The van der Waals surface area contributed by atoms with Gasteiger partial charge >= 0.3 is 11.7 Å². The van der Waals surface area contributed by atoms with E-state index in [1.54, 1.807) is 24.3 Å². The van der Waals surface area contributed by atoms with E-state index in [1.807, 2.05) is 0 Å². The third-order valence-corrected chi connectivity index (χ3v) is 3.21. The molecule has 0 fully saturated rings. The number of aromatic nitrogens is 2. The molecule has 2 aromatic rings. The predicted octanol–water partition coefficient (Wildman–Crippen LogP) is 2.16. The van der Waals surface area contributed by atoms with E-state index in [0.717, 1.165) is 17.3 Å². The topological polar surface area (TPSA) is 106 Å². The minimum atomic E-state index is -0.885. The van der Waals surface area contributed by atoms with E-state index < -0.39 is 10.9 Å². The van der Waals surface area contributed by atoms with Crippen molar-refractivity contribution in [2.24, 2.45) is 0 Å². The minimum Gasteiger partial charge on any atom is -0.481 e. The molecule has 0 amide bonds. The monoisotopic (exact) mass is 291 g/mol. The van der Waals surface area contributed by atoms with E-state index in [0.29, 0.717) is 10.7 Å². The molecule has 0 spiro atoms. The van der Waals surface area contributed by atoms with Crippen molar-refractivity contribution in [1.82, 2.24) is 9.97 Å². The maximum atomic E-state index is 10.6. The first kappa shape index (κ1) is 13.9. The van der Waals surface area contributed by atoms with E-state index >= 15 is 0 Å². The Balaban J connectivity index is 2.06. The van der Waals surface area contributed by atoms with Crippen LogP contribution >= 0.6 is 11.8 Å². The predicted molar refractivity (Wildman–Crippen MR) is 70.6 cm³/mol. The number of hydrogen-bond donors (Lipinski definition) is 1. The Bertz CT molecular complexity index is 628. The Morgan fingerprint density at radius 3 is 2.35 bits per heavy atom. The van der Waals surface area contributed by atoms with Crippen molar-refractivity contribution in [3.63, 3.8) is 0 Å². The average Bonchev–Trinajstić information content (AvgIpc) is 2.41. The Labute approximate surface area is 117 Å². The Morgan fingerprint density at radius 1 is 1.25 bits per heavy atom. The van der Waals surface area contributed by atoms with Crippen molar-refractivity contribution in [3.8, 4) is 0 Å². The zero-order valence-electron chi connectivity index (χ0n) is 10.1. The summed E-state index contributed by atoms with van der Waals surface area (Å²) in [6, 6.07) is 6.94. The Morgan fingerprint density at radius 2 is 1.85 bits per heavy atom. The Hall–Kier alpha value is -2.48.